The van der Waals surface area contributed by atoms with E-state index in [1.807, 2.05) is 30.3 Å². The van der Waals surface area contributed by atoms with Crippen LogP contribution >= 0.6 is 22.9 Å². The van der Waals surface area contributed by atoms with E-state index in [0.29, 0.717) is 17.4 Å². The summed E-state index contributed by atoms with van der Waals surface area (Å²) in [7, 11) is 0. The van der Waals surface area contributed by atoms with Gasteiger partial charge < -0.3 is 9.47 Å². The molecule has 20 heavy (non-hydrogen) atoms. The van der Waals surface area contributed by atoms with E-state index in [-0.39, 0.29) is 18.5 Å². The SMILES string of the molecule is O=C(OCc1ccc(Cl)s1)C1COc2ccccc2C1. The second kappa shape index (κ2) is 5.85. The minimum absolute atomic E-state index is 0.218. The number of carbonyl (C=O) groups excluding carboxylic acids is 1. The zero-order valence-corrected chi connectivity index (χ0v) is 12.2. The summed E-state index contributed by atoms with van der Waals surface area (Å²) in [5.41, 5.74) is 1.06. The molecule has 1 aromatic carbocycles. The van der Waals surface area contributed by atoms with E-state index in [2.05, 4.69) is 0 Å². The molecule has 0 amide bonds. The Balaban J connectivity index is 1.59. The lowest BCUT2D eigenvalue weighted by Crippen LogP contribution is -2.29. The number of ether oxygens (including phenoxy) is 2. The molecule has 0 saturated heterocycles. The Hall–Kier alpha value is -1.52. The Morgan fingerprint density at radius 3 is 3.00 bits per heavy atom. The lowest BCUT2D eigenvalue weighted by molar-refractivity contribution is -0.151. The average molecular weight is 309 g/mol. The fraction of sp³-hybridized carbons (Fsp3) is 0.267. The number of esters is 1. The summed E-state index contributed by atoms with van der Waals surface area (Å²) in [5, 5.41) is 0. The summed E-state index contributed by atoms with van der Waals surface area (Å²) in [6, 6.07) is 11.4. The lowest BCUT2D eigenvalue weighted by atomic mass is 9.97. The Morgan fingerprint density at radius 1 is 1.35 bits per heavy atom. The van der Waals surface area contributed by atoms with Gasteiger partial charge in [0.05, 0.1) is 10.3 Å². The van der Waals surface area contributed by atoms with Crippen molar-refractivity contribution in [3.05, 3.63) is 51.2 Å². The molecule has 2 aromatic rings. The Kier molecular flexibility index (Phi) is 3.94. The third-order valence-corrected chi connectivity index (χ3v) is 4.40. The van der Waals surface area contributed by atoms with E-state index in [1.54, 1.807) is 6.07 Å². The molecule has 0 N–H and O–H groups in total. The van der Waals surface area contributed by atoms with Gasteiger partial charge in [-0.3, -0.25) is 4.79 Å². The first-order valence-electron chi connectivity index (χ1n) is 6.34. The van der Waals surface area contributed by atoms with Gasteiger partial charge in [-0.15, -0.1) is 11.3 Å². The molecular formula is C15H13ClO3S. The van der Waals surface area contributed by atoms with Crippen molar-refractivity contribution in [2.75, 3.05) is 6.61 Å². The van der Waals surface area contributed by atoms with Gasteiger partial charge in [0.1, 0.15) is 19.0 Å². The van der Waals surface area contributed by atoms with Crippen LogP contribution in [-0.2, 0) is 22.6 Å². The Labute approximate surface area is 126 Å². The zero-order valence-electron chi connectivity index (χ0n) is 10.7. The zero-order chi connectivity index (χ0) is 13.9. The topological polar surface area (TPSA) is 35.5 Å². The standard InChI is InChI=1S/C15H13ClO3S/c16-14-6-5-12(20-14)9-19-15(17)11-7-10-3-1-2-4-13(10)18-8-11/h1-6,11H,7-9H2. The number of hydrogen-bond acceptors (Lipinski definition) is 4. The van der Waals surface area contributed by atoms with Crippen molar-refractivity contribution in [2.24, 2.45) is 5.92 Å². The summed E-state index contributed by atoms with van der Waals surface area (Å²) in [6.07, 6.45) is 0.667. The van der Waals surface area contributed by atoms with E-state index >= 15 is 0 Å². The normalized spacial score (nSPS) is 17.1. The summed E-state index contributed by atoms with van der Waals surface area (Å²) < 4.78 is 11.6. The number of benzene rings is 1. The van der Waals surface area contributed by atoms with Crippen molar-refractivity contribution < 1.29 is 14.3 Å². The molecule has 0 saturated carbocycles. The number of para-hydroxylation sites is 1. The lowest BCUT2D eigenvalue weighted by Gasteiger charge is -2.23. The van der Waals surface area contributed by atoms with Crippen LogP contribution in [0.4, 0.5) is 0 Å². The highest BCUT2D eigenvalue weighted by atomic mass is 35.5. The second-order valence-electron chi connectivity index (χ2n) is 4.63. The van der Waals surface area contributed by atoms with Crippen LogP contribution in [-0.4, -0.2) is 12.6 Å². The molecule has 5 heteroatoms. The van der Waals surface area contributed by atoms with Gasteiger partial charge in [-0.25, -0.2) is 0 Å². The van der Waals surface area contributed by atoms with Gasteiger partial charge in [0, 0.05) is 4.88 Å². The first-order chi connectivity index (χ1) is 9.72. The maximum absolute atomic E-state index is 12.1. The van der Waals surface area contributed by atoms with Crippen molar-refractivity contribution in [2.45, 2.75) is 13.0 Å². The largest absolute Gasteiger partial charge is 0.492 e. The predicted octanol–water partition coefficient (Wildman–Crippen LogP) is 3.70. The molecule has 104 valence electrons. The van der Waals surface area contributed by atoms with Crippen molar-refractivity contribution in [3.8, 4) is 5.75 Å². The minimum atomic E-state index is -0.236. The summed E-state index contributed by atoms with van der Waals surface area (Å²) in [6.45, 7) is 0.648. The molecular weight excluding hydrogens is 296 g/mol. The van der Waals surface area contributed by atoms with Gasteiger partial charge in [0.25, 0.3) is 0 Å². The molecule has 0 spiro atoms. The van der Waals surface area contributed by atoms with Crippen molar-refractivity contribution in [3.63, 3.8) is 0 Å². The van der Waals surface area contributed by atoms with Gasteiger partial charge in [-0.2, -0.15) is 0 Å². The van der Waals surface area contributed by atoms with Gasteiger partial charge in [0.2, 0.25) is 0 Å². The first kappa shape index (κ1) is 13.5. The van der Waals surface area contributed by atoms with E-state index in [9.17, 15) is 4.79 Å². The van der Waals surface area contributed by atoms with Crippen LogP contribution in [0, 0.1) is 5.92 Å². The van der Waals surface area contributed by atoms with Crippen molar-refractivity contribution in [1.82, 2.24) is 0 Å². The van der Waals surface area contributed by atoms with Crippen LogP contribution < -0.4 is 4.74 Å². The van der Waals surface area contributed by atoms with Gasteiger partial charge in [0.15, 0.2) is 0 Å². The van der Waals surface area contributed by atoms with E-state index < -0.39 is 0 Å². The molecule has 1 aliphatic heterocycles. The highest BCUT2D eigenvalue weighted by Gasteiger charge is 2.27. The van der Waals surface area contributed by atoms with Crippen LogP contribution in [0.2, 0.25) is 4.34 Å². The van der Waals surface area contributed by atoms with Crippen LogP contribution in [0.25, 0.3) is 0 Å². The van der Waals surface area contributed by atoms with Gasteiger partial charge >= 0.3 is 5.97 Å². The second-order valence-corrected chi connectivity index (χ2v) is 6.43. The Bertz CT molecular complexity index is 623. The maximum atomic E-state index is 12.1. The molecule has 0 aliphatic carbocycles. The molecule has 1 aromatic heterocycles. The van der Waals surface area contributed by atoms with Gasteiger partial charge in [-0.1, -0.05) is 29.8 Å². The van der Waals surface area contributed by atoms with Crippen LogP contribution in [0.3, 0.4) is 0 Å². The fourth-order valence-corrected chi connectivity index (χ4v) is 3.17. The summed E-state index contributed by atoms with van der Waals surface area (Å²) >= 11 is 7.26. The van der Waals surface area contributed by atoms with E-state index in [4.69, 9.17) is 21.1 Å². The van der Waals surface area contributed by atoms with Crippen molar-refractivity contribution in [1.29, 1.82) is 0 Å². The summed E-state index contributed by atoms with van der Waals surface area (Å²) in [4.78, 5) is 13.0. The van der Waals surface area contributed by atoms with Crippen LogP contribution in [0.1, 0.15) is 10.4 Å². The molecule has 0 radical (unpaired) electrons. The van der Waals surface area contributed by atoms with Gasteiger partial charge in [-0.05, 0) is 30.2 Å². The van der Waals surface area contributed by atoms with E-state index in [1.165, 1.54) is 11.3 Å². The van der Waals surface area contributed by atoms with Crippen LogP contribution in [0.5, 0.6) is 5.75 Å². The number of rotatable bonds is 3. The molecule has 0 bridgehead atoms. The number of thiophene rings is 1. The van der Waals surface area contributed by atoms with Crippen LogP contribution in [0.15, 0.2) is 36.4 Å². The monoisotopic (exact) mass is 308 g/mol. The van der Waals surface area contributed by atoms with Crippen molar-refractivity contribution >= 4 is 28.9 Å². The molecule has 1 atom stereocenters. The third kappa shape index (κ3) is 2.97. The first-order valence-corrected chi connectivity index (χ1v) is 7.53. The minimum Gasteiger partial charge on any atom is -0.492 e. The smallest absolute Gasteiger partial charge is 0.313 e. The predicted molar refractivity (Wildman–Crippen MR) is 78.3 cm³/mol. The third-order valence-electron chi connectivity index (χ3n) is 3.20. The quantitative estimate of drug-likeness (QED) is 0.811. The molecule has 1 aliphatic rings. The highest BCUT2D eigenvalue weighted by molar-refractivity contribution is 7.16. The fourth-order valence-electron chi connectivity index (χ4n) is 2.17. The number of carbonyl (C=O) groups is 1. The number of hydrogen-bond donors (Lipinski definition) is 0. The average Bonchev–Trinajstić information content (AvgIpc) is 2.90. The number of halogens is 1. The molecule has 3 rings (SSSR count). The molecule has 2 heterocycles. The highest BCUT2D eigenvalue weighted by Crippen LogP contribution is 2.28. The Morgan fingerprint density at radius 2 is 2.20 bits per heavy atom. The number of fused-ring (bicyclic) bond motifs is 1. The molecule has 0 fully saturated rings. The molecule has 1 unspecified atom stereocenters. The molecule has 3 nitrogen and oxygen atoms in total. The maximum Gasteiger partial charge on any atom is 0.313 e. The van der Waals surface area contributed by atoms with E-state index in [0.717, 1.165) is 16.2 Å². The summed E-state index contributed by atoms with van der Waals surface area (Å²) in [5.74, 6) is 0.408.